The Morgan fingerprint density at radius 3 is 2.28 bits per heavy atom. The van der Waals surface area contributed by atoms with E-state index < -0.39 is 12.0 Å². The van der Waals surface area contributed by atoms with Gasteiger partial charge in [-0.15, -0.1) is 0 Å². The largest absolute Gasteiger partial charge is 0.480 e. The molecule has 2 unspecified atom stereocenters. The van der Waals surface area contributed by atoms with Crippen molar-refractivity contribution in [1.82, 2.24) is 5.32 Å². The zero-order chi connectivity index (χ0) is 14.3. The van der Waals surface area contributed by atoms with Crippen molar-refractivity contribution < 1.29 is 14.7 Å². The molecule has 0 aliphatic heterocycles. The molecule has 0 aliphatic rings. The minimum atomic E-state index is -0.999. The SMILES string of the molecule is CC(CC(=O)NC(CCS)C(=O)O)CC(C)(C)C. The Bertz CT molecular complexity index is 286. The van der Waals surface area contributed by atoms with E-state index in [-0.39, 0.29) is 17.2 Å². The van der Waals surface area contributed by atoms with Gasteiger partial charge in [0, 0.05) is 6.42 Å². The van der Waals surface area contributed by atoms with E-state index >= 15 is 0 Å². The Balaban J connectivity index is 4.20. The second-order valence-corrected chi connectivity index (χ2v) is 6.49. The molecule has 0 saturated carbocycles. The summed E-state index contributed by atoms with van der Waals surface area (Å²) in [6.45, 7) is 8.40. The number of carbonyl (C=O) groups is 2. The summed E-state index contributed by atoms with van der Waals surface area (Å²) in [6, 6.07) is -0.822. The third-order valence-corrected chi connectivity index (χ3v) is 2.80. The van der Waals surface area contributed by atoms with Crippen LogP contribution in [0.5, 0.6) is 0 Å². The zero-order valence-electron chi connectivity index (χ0n) is 11.7. The molecule has 106 valence electrons. The van der Waals surface area contributed by atoms with Gasteiger partial charge >= 0.3 is 5.97 Å². The highest BCUT2D eigenvalue weighted by Gasteiger charge is 2.22. The lowest BCUT2D eigenvalue weighted by atomic mass is 9.84. The van der Waals surface area contributed by atoms with Gasteiger partial charge in [0.25, 0.3) is 0 Å². The van der Waals surface area contributed by atoms with Crippen LogP contribution in [0.1, 0.15) is 47.0 Å². The average Bonchev–Trinajstić information content (AvgIpc) is 2.13. The summed E-state index contributed by atoms with van der Waals surface area (Å²) in [5.41, 5.74) is 0.178. The summed E-state index contributed by atoms with van der Waals surface area (Å²) in [5.74, 6) is -0.508. The van der Waals surface area contributed by atoms with E-state index in [1.165, 1.54) is 0 Å². The van der Waals surface area contributed by atoms with E-state index in [2.05, 4.69) is 38.7 Å². The first-order valence-corrected chi connectivity index (χ1v) is 6.92. The lowest BCUT2D eigenvalue weighted by molar-refractivity contribution is -0.142. The molecule has 0 heterocycles. The van der Waals surface area contributed by atoms with Gasteiger partial charge in [-0.25, -0.2) is 4.79 Å². The predicted molar refractivity (Wildman–Crippen MR) is 75.9 cm³/mol. The second-order valence-electron chi connectivity index (χ2n) is 6.04. The van der Waals surface area contributed by atoms with Crippen LogP contribution in [0.4, 0.5) is 0 Å². The molecule has 0 aromatic carbocycles. The molecular weight excluding hydrogens is 250 g/mol. The van der Waals surface area contributed by atoms with Gasteiger partial charge in [0.1, 0.15) is 6.04 Å². The monoisotopic (exact) mass is 275 g/mol. The fourth-order valence-corrected chi connectivity index (χ4v) is 2.33. The van der Waals surface area contributed by atoms with Crippen molar-refractivity contribution in [2.45, 2.75) is 53.0 Å². The van der Waals surface area contributed by atoms with Crippen molar-refractivity contribution in [3.05, 3.63) is 0 Å². The van der Waals surface area contributed by atoms with Crippen LogP contribution in [0.25, 0.3) is 0 Å². The Morgan fingerprint density at radius 1 is 1.33 bits per heavy atom. The third-order valence-electron chi connectivity index (χ3n) is 2.55. The van der Waals surface area contributed by atoms with Gasteiger partial charge in [-0.3, -0.25) is 4.79 Å². The Kier molecular flexibility index (Phi) is 7.36. The van der Waals surface area contributed by atoms with E-state index in [4.69, 9.17) is 5.11 Å². The zero-order valence-corrected chi connectivity index (χ0v) is 12.6. The van der Waals surface area contributed by atoms with Crippen LogP contribution in [0.3, 0.4) is 0 Å². The number of hydrogen-bond donors (Lipinski definition) is 3. The van der Waals surface area contributed by atoms with Gasteiger partial charge in [-0.05, 0) is 29.9 Å². The fourth-order valence-electron chi connectivity index (χ4n) is 2.07. The lowest BCUT2D eigenvalue weighted by Crippen LogP contribution is -2.41. The number of hydrogen-bond acceptors (Lipinski definition) is 3. The van der Waals surface area contributed by atoms with Crippen LogP contribution in [0, 0.1) is 11.3 Å². The molecular formula is C13H25NO3S. The van der Waals surface area contributed by atoms with Crippen LogP contribution in [-0.2, 0) is 9.59 Å². The first-order chi connectivity index (χ1) is 8.15. The molecule has 0 aliphatic carbocycles. The number of thiol groups is 1. The summed E-state index contributed by atoms with van der Waals surface area (Å²) in [7, 11) is 0. The molecule has 1 amide bonds. The Labute approximate surface area is 115 Å². The van der Waals surface area contributed by atoms with Crippen LogP contribution in [0.2, 0.25) is 0 Å². The molecule has 0 saturated heterocycles. The lowest BCUT2D eigenvalue weighted by Gasteiger charge is -2.23. The minimum absolute atomic E-state index is 0.178. The number of carboxylic acids is 1. The van der Waals surface area contributed by atoms with Crippen LogP contribution in [0.15, 0.2) is 0 Å². The maximum atomic E-state index is 11.7. The molecule has 0 radical (unpaired) electrons. The average molecular weight is 275 g/mol. The van der Waals surface area contributed by atoms with Gasteiger partial charge in [-0.1, -0.05) is 27.7 Å². The van der Waals surface area contributed by atoms with E-state index in [0.29, 0.717) is 18.6 Å². The molecule has 18 heavy (non-hydrogen) atoms. The number of carbonyl (C=O) groups excluding carboxylic acids is 1. The minimum Gasteiger partial charge on any atom is -0.480 e. The normalized spacial score (nSPS) is 14.9. The second kappa shape index (κ2) is 7.67. The van der Waals surface area contributed by atoms with Crippen LogP contribution >= 0.6 is 12.6 Å². The van der Waals surface area contributed by atoms with Gasteiger partial charge < -0.3 is 10.4 Å². The summed E-state index contributed by atoms with van der Waals surface area (Å²) in [4.78, 5) is 22.6. The molecule has 0 aromatic heterocycles. The molecule has 0 bridgehead atoms. The topological polar surface area (TPSA) is 66.4 Å². The number of amides is 1. The maximum absolute atomic E-state index is 11.7. The van der Waals surface area contributed by atoms with Crippen molar-refractivity contribution >= 4 is 24.5 Å². The molecule has 0 fully saturated rings. The quantitative estimate of drug-likeness (QED) is 0.625. The standard InChI is InChI=1S/C13H25NO3S/c1-9(8-13(2,3)4)7-11(15)14-10(5-6-18)12(16)17/h9-10,18H,5-8H2,1-4H3,(H,14,15)(H,16,17). The van der Waals surface area contributed by atoms with Gasteiger partial charge in [0.15, 0.2) is 0 Å². The molecule has 0 spiro atoms. The highest BCUT2D eigenvalue weighted by atomic mass is 32.1. The summed E-state index contributed by atoms with van der Waals surface area (Å²) in [6.07, 6.45) is 1.65. The Morgan fingerprint density at radius 2 is 1.89 bits per heavy atom. The molecule has 2 N–H and O–H groups in total. The van der Waals surface area contributed by atoms with E-state index in [1.54, 1.807) is 0 Å². The smallest absolute Gasteiger partial charge is 0.326 e. The number of carboxylic acid groups (broad SMARTS) is 1. The van der Waals surface area contributed by atoms with Gasteiger partial charge in [0.05, 0.1) is 0 Å². The van der Waals surface area contributed by atoms with Gasteiger partial charge in [0.2, 0.25) is 5.91 Å². The number of rotatable bonds is 7. The molecule has 0 aromatic rings. The van der Waals surface area contributed by atoms with E-state index in [9.17, 15) is 9.59 Å². The van der Waals surface area contributed by atoms with Crippen molar-refractivity contribution in [3.8, 4) is 0 Å². The molecule has 4 nitrogen and oxygen atoms in total. The first kappa shape index (κ1) is 17.3. The number of nitrogens with one attached hydrogen (secondary N) is 1. The Hall–Kier alpha value is -0.710. The summed E-state index contributed by atoms with van der Waals surface area (Å²) in [5, 5.41) is 11.5. The molecule has 2 atom stereocenters. The summed E-state index contributed by atoms with van der Waals surface area (Å²) >= 11 is 3.99. The number of aliphatic carboxylic acids is 1. The first-order valence-electron chi connectivity index (χ1n) is 6.28. The van der Waals surface area contributed by atoms with Crippen LogP contribution in [-0.4, -0.2) is 28.8 Å². The van der Waals surface area contributed by atoms with Crippen molar-refractivity contribution in [3.63, 3.8) is 0 Å². The van der Waals surface area contributed by atoms with E-state index in [0.717, 1.165) is 6.42 Å². The van der Waals surface area contributed by atoms with E-state index in [1.807, 2.05) is 6.92 Å². The highest BCUT2D eigenvalue weighted by Crippen LogP contribution is 2.25. The molecule has 5 heteroatoms. The van der Waals surface area contributed by atoms with Crippen molar-refractivity contribution in [2.75, 3.05) is 5.75 Å². The fraction of sp³-hybridized carbons (Fsp3) is 0.846. The summed E-state index contributed by atoms with van der Waals surface area (Å²) < 4.78 is 0. The van der Waals surface area contributed by atoms with Crippen LogP contribution < -0.4 is 5.32 Å². The third kappa shape index (κ3) is 8.39. The van der Waals surface area contributed by atoms with Crippen molar-refractivity contribution in [2.24, 2.45) is 11.3 Å². The molecule has 0 rings (SSSR count). The highest BCUT2D eigenvalue weighted by molar-refractivity contribution is 7.80. The maximum Gasteiger partial charge on any atom is 0.326 e. The van der Waals surface area contributed by atoms with Crippen molar-refractivity contribution in [1.29, 1.82) is 0 Å². The predicted octanol–water partition coefficient (Wildman–Crippen LogP) is 2.34. The van der Waals surface area contributed by atoms with Gasteiger partial charge in [-0.2, -0.15) is 12.6 Å².